The summed E-state index contributed by atoms with van der Waals surface area (Å²) in [6, 6.07) is 28.4. The fraction of sp³-hybridized carbons (Fsp3) is 0.333. The lowest BCUT2D eigenvalue weighted by atomic mass is 9.94. The molecular formula is C39H44ClN3O6S. The molecule has 9 nitrogen and oxygen atoms in total. The number of carbonyl (C=O) groups is 2. The van der Waals surface area contributed by atoms with Crippen molar-refractivity contribution in [2.75, 3.05) is 24.6 Å². The minimum absolute atomic E-state index is 0.00291. The van der Waals surface area contributed by atoms with Crippen LogP contribution in [0.25, 0.3) is 0 Å². The summed E-state index contributed by atoms with van der Waals surface area (Å²) in [6.07, 6.45) is 5.15. The zero-order valence-corrected chi connectivity index (χ0v) is 30.0. The van der Waals surface area contributed by atoms with Crippen LogP contribution < -0.4 is 19.1 Å². The maximum absolute atomic E-state index is 14.9. The highest BCUT2D eigenvalue weighted by Crippen LogP contribution is 2.33. The second-order valence-corrected chi connectivity index (χ2v) is 14.6. The summed E-state index contributed by atoms with van der Waals surface area (Å²) in [6.45, 7) is 1.52. The largest absolute Gasteiger partial charge is 0.497 e. The van der Waals surface area contributed by atoms with E-state index in [1.807, 2.05) is 48.5 Å². The molecule has 0 heterocycles. The van der Waals surface area contributed by atoms with Gasteiger partial charge >= 0.3 is 0 Å². The van der Waals surface area contributed by atoms with Gasteiger partial charge in [-0.2, -0.15) is 0 Å². The highest BCUT2D eigenvalue weighted by molar-refractivity contribution is 7.92. The number of anilines is 1. The predicted molar refractivity (Wildman–Crippen MR) is 196 cm³/mol. The maximum Gasteiger partial charge on any atom is 0.264 e. The Balaban J connectivity index is 1.60. The van der Waals surface area contributed by atoms with Crippen molar-refractivity contribution in [2.24, 2.45) is 0 Å². The molecule has 0 spiro atoms. The van der Waals surface area contributed by atoms with Gasteiger partial charge in [-0.25, -0.2) is 8.42 Å². The Bertz CT molecular complexity index is 1830. The molecule has 4 aromatic rings. The lowest BCUT2D eigenvalue weighted by molar-refractivity contribution is -0.140. The Morgan fingerprint density at radius 2 is 1.56 bits per heavy atom. The standard InChI is InChI=1S/C39H44ClN3O6S/c1-3-49-37-20-11-10-19-35(37)43(50(46,47)34-23-21-31(40)22-24-34)28-38(44)42(27-30-15-12-18-33(25-30)48-2)36(26-29-13-6-4-7-14-29)39(45)41-32-16-8-5-9-17-32/h4,6-7,10-15,18-25,32,36H,3,5,8-9,16-17,26-28H2,1-2H3,(H,41,45)/t36-/m1/s1. The smallest absolute Gasteiger partial charge is 0.264 e. The van der Waals surface area contributed by atoms with Crippen LogP contribution >= 0.6 is 11.6 Å². The highest BCUT2D eigenvalue weighted by Gasteiger charge is 2.36. The van der Waals surface area contributed by atoms with Crippen LogP contribution in [0.1, 0.15) is 50.2 Å². The van der Waals surface area contributed by atoms with E-state index in [1.165, 1.54) is 29.2 Å². The van der Waals surface area contributed by atoms with Crippen LogP contribution in [0.4, 0.5) is 5.69 Å². The van der Waals surface area contributed by atoms with E-state index in [-0.39, 0.29) is 42.1 Å². The van der Waals surface area contributed by atoms with Crippen LogP contribution in [-0.2, 0) is 32.6 Å². The van der Waals surface area contributed by atoms with E-state index in [0.29, 0.717) is 16.5 Å². The van der Waals surface area contributed by atoms with E-state index >= 15 is 0 Å². The summed E-state index contributed by atoms with van der Waals surface area (Å²) in [5, 5.41) is 3.61. The molecule has 5 rings (SSSR count). The van der Waals surface area contributed by atoms with Crippen molar-refractivity contribution in [3.05, 3.63) is 119 Å². The number of benzene rings is 4. The van der Waals surface area contributed by atoms with E-state index in [0.717, 1.165) is 47.5 Å². The van der Waals surface area contributed by atoms with E-state index in [1.54, 1.807) is 44.4 Å². The van der Waals surface area contributed by atoms with Crippen molar-refractivity contribution in [1.29, 1.82) is 0 Å². The van der Waals surface area contributed by atoms with Crippen LogP contribution in [-0.4, -0.2) is 57.5 Å². The van der Waals surface area contributed by atoms with Crippen LogP contribution in [0.2, 0.25) is 5.02 Å². The number of ether oxygens (including phenoxy) is 2. The van der Waals surface area contributed by atoms with Crippen LogP contribution in [0.3, 0.4) is 0 Å². The summed E-state index contributed by atoms with van der Waals surface area (Å²) in [7, 11) is -2.76. The van der Waals surface area contributed by atoms with Crippen LogP contribution in [0, 0.1) is 0 Å². The van der Waals surface area contributed by atoms with Gasteiger partial charge in [-0.05, 0) is 79.4 Å². The first-order chi connectivity index (χ1) is 24.2. The zero-order chi connectivity index (χ0) is 35.5. The molecule has 0 radical (unpaired) electrons. The first kappa shape index (κ1) is 36.7. The third-order valence-corrected chi connectivity index (χ3v) is 10.8. The summed E-state index contributed by atoms with van der Waals surface area (Å²) < 4.78 is 41.2. The van der Waals surface area contributed by atoms with Crippen LogP contribution in [0.5, 0.6) is 11.5 Å². The molecule has 2 amide bonds. The second kappa shape index (κ2) is 17.4. The molecule has 264 valence electrons. The number of nitrogens with one attached hydrogen (secondary N) is 1. The maximum atomic E-state index is 14.9. The third-order valence-electron chi connectivity index (χ3n) is 8.82. The number of nitrogens with zero attached hydrogens (tertiary/aromatic N) is 2. The molecule has 0 saturated heterocycles. The fourth-order valence-electron chi connectivity index (χ4n) is 6.25. The molecule has 4 aromatic carbocycles. The number of amides is 2. The molecule has 1 N–H and O–H groups in total. The summed E-state index contributed by atoms with van der Waals surface area (Å²) in [5.41, 5.74) is 1.79. The van der Waals surface area contributed by atoms with E-state index in [9.17, 15) is 18.0 Å². The van der Waals surface area contributed by atoms with Gasteiger partial charge in [0.05, 0.1) is 24.3 Å². The minimum atomic E-state index is -4.32. The van der Waals surface area contributed by atoms with Crippen molar-refractivity contribution >= 4 is 39.1 Å². The Kier molecular flexibility index (Phi) is 12.8. The van der Waals surface area contributed by atoms with Crippen molar-refractivity contribution in [1.82, 2.24) is 10.2 Å². The van der Waals surface area contributed by atoms with Gasteiger partial charge in [-0.15, -0.1) is 0 Å². The number of halogens is 1. The van der Waals surface area contributed by atoms with Gasteiger partial charge in [0.2, 0.25) is 11.8 Å². The first-order valence-electron chi connectivity index (χ1n) is 17.0. The number of methoxy groups -OCH3 is 1. The van der Waals surface area contributed by atoms with Gasteiger partial charge in [0.15, 0.2) is 0 Å². The Morgan fingerprint density at radius 3 is 2.26 bits per heavy atom. The first-order valence-corrected chi connectivity index (χ1v) is 18.8. The molecule has 1 aliphatic rings. The van der Waals surface area contributed by atoms with Crippen molar-refractivity contribution in [3.8, 4) is 11.5 Å². The quantitative estimate of drug-likeness (QED) is 0.142. The number of carbonyl (C=O) groups excluding carboxylic acids is 2. The van der Waals surface area contributed by atoms with Gasteiger partial charge in [0.1, 0.15) is 24.1 Å². The van der Waals surface area contributed by atoms with E-state index in [4.69, 9.17) is 21.1 Å². The molecule has 0 aliphatic heterocycles. The third kappa shape index (κ3) is 9.37. The average Bonchev–Trinajstić information content (AvgIpc) is 3.13. The van der Waals surface area contributed by atoms with Gasteiger partial charge in [-0.3, -0.25) is 13.9 Å². The normalized spacial score (nSPS) is 14.0. The fourth-order valence-corrected chi connectivity index (χ4v) is 7.80. The average molecular weight is 718 g/mol. The molecule has 11 heteroatoms. The molecule has 1 atom stereocenters. The summed E-state index contributed by atoms with van der Waals surface area (Å²) >= 11 is 6.11. The van der Waals surface area contributed by atoms with Crippen molar-refractivity contribution in [2.45, 2.75) is 69.0 Å². The number of sulfonamides is 1. The molecule has 1 aliphatic carbocycles. The summed E-state index contributed by atoms with van der Waals surface area (Å²) in [4.78, 5) is 30.6. The van der Waals surface area contributed by atoms with Gasteiger partial charge in [-0.1, -0.05) is 85.5 Å². The Morgan fingerprint density at radius 1 is 0.880 bits per heavy atom. The number of hydrogen-bond acceptors (Lipinski definition) is 6. The monoisotopic (exact) mass is 717 g/mol. The number of para-hydroxylation sites is 2. The SMILES string of the molecule is CCOc1ccccc1N(CC(=O)N(Cc1cccc(OC)c1)[C@H](Cc1ccccc1)C(=O)NC1CCCCC1)S(=O)(=O)c1ccc(Cl)cc1. The second-order valence-electron chi connectivity index (χ2n) is 12.3. The topological polar surface area (TPSA) is 105 Å². The Hall–Kier alpha value is -4.54. The van der Waals surface area contributed by atoms with Gasteiger partial charge < -0.3 is 19.7 Å². The number of rotatable bonds is 15. The summed E-state index contributed by atoms with van der Waals surface area (Å²) in [5.74, 6) is 0.0597. The lowest BCUT2D eigenvalue weighted by Gasteiger charge is -2.35. The van der Waals surface area contributed by atoms with E-state index < -0.39 is 28.5 Å². The molecule has 0 aromatic heterocycles. The molecule has 0 bridgehead atoms. The lowest BCUT2D eigenvalue weighted by Crippen LogP contribution is -2.55. The zero-order valence-electron chi connectivity index (χ0n) is 28.5. The molecular weight excluding hydrogens is 674 g/mol. The molecule has 50 heavy (non-hydrogen) atoms. The van der Waals surface area contributed by atoms with Gasteiger partial charge in [0.25, 0.3) is 10.0 Å². The molecule has 0 unspecified atom stereocenters. The van der Waals surface area contributed by atoms with Crippen LogP contribution in [0.15, 0.2) is 108 Å². The minimum Gasteiger partial charge on any atom is -0.497 e. The number of hydrogen-bond donors (Lipinski definition) is 1. The van der Waals surface area contributed by atoms with E-state index in [2.05, 4.69) is 5.32 Å². The Labute approximate surface area is 300 Å². The van der Waals surface area contributed by atoms with Gasteiger partial charge in [0, 0.05) is 24.0 Å². The van der Waals surface area contributed by atoms with Crippen molar-refractivity contribution < 1.29 is 27.5 Å². The molecule has 1 saturated carbocycles. The van der Waals surface area contributed by atoms with Crippen molar-refractivity contribution in [3.63, 3.8) is 0 Å². The predicted octanol–water partition coefficient (Wildman–Crippen LogP) is 7.03. The molecule has 1 fully saturated rings. The highest BCUT2D eigenvalue weighted by atomic mass is 35.5.